The first kappa shape index (κ1) is 22.2. The second kappa shape index (κ2) is 10.5. The third-order valence-electron chi connectivity index (χ3n) is 5.19. The number of nitrogens with one attached hydrogen (secondary N) is 1. The number of thioether (sulfide) groups is 1. The van der Waals surface area contributed by atoms with Crippen LogP contribution in [0.15, 0.2) is 47.6 Å². The largest absolute Gasteiger partial charge is 0.497 e. The Labute approximate surface area is 182 Å². The van der Waals surface area contributed by atoms with Crippen LogP contribution in [0.5, 0.6) is 5.75 Å². The van der Waals surface area contributed by atoms with Crippen LogP contribution in [0.4, 0.5) is 0 Å². The lowest BCUT2D eigenvalue weighted by Gasteiger charge is -2.23. The van der Waals surface area contributed by atoms with Crippen molar-refractivity contribution in [3.8, 4) is 5.75 Å². The first-order valence-corrected chi connectivity index (χ1v) is 11.3. The molecule has 6 nitrogen and oxygen atoms in total. The summed E-state index contributed by atoms with van der Waals surface area (Å²) in [6, 6.07) is 11.3. The summed E-state index contributed by atoms with van der Waals surface area (Å²) >= 11 is 1.37. The quantitative estimate of drug-likeness (QED) is 0.646. The van der Waals surface area contributed by atoms with Gasteiger partial charge in [0.05, 0.1) is 29.5 Å². The number of carbonyl (C=O) groups excluding carboxylic acids is 2. The molecule has 0 aliphatic carbocycles. The standard InChI is InChI=1S/C23H29N3O3S/c1-16(2)22(17-6-9-19(29-3)10-7-17)25-20(27)15-30-21-11-8-18(14-24-21)23(28)26-12-4-5-13-26/h6-11,14,16,22H,4-5,12-13,15H2,1-3H3,(H,25,27)/t22-/m0/s1. The molecule has 1 N–H and O–H groups in total. The van der Waals surface area contributed by atoms with E-state index in [4.69, 9.17) is 4.74 Å². The van der Waals surface area contributed by atoms with Crippen molar-refractivity contribution in [2.24, 2.45) is 5.92 Å². The Bertz CT molecular complexity index is 847. The molecule has 0 saturated carbocycles. The third-order valence-corrected chi connectivity index (χ3v) is 6.13. The normalized spacial score (nSPS) is 14.6. The maximum absolute atomic E-state index is 12.5. The first-order chi connectivity index (χ1) is 14.5. The average Bonchev–Trinajstić information content (AvgIpc) is 3.31. The molecule has 0 radical (unpaired) electrons. The molecule has 1 saturated heterocycles. The zero-order valence-electron chi connectivity index (χ0n) is 17.8. The second-order valence-electron chi connectivity index (χ2n) is 7.74. The number of pyridine rings is 1. The number of benzene rings is 1. The molecule has 1 aliphatic heterocycles. The minimum Gasteiger partial charge on any atom is -0.497 e. The van der Waals surface area contributed by atoms with E-state index in [1.165, 1.54) is 11.8 Å². The van der Waals surface area contributed by atoms with Crippen molar-refractivity contribution in [1.82, 2.24) is 15.2 Å². The van der Waals surface area contributed by atoms with E-state index in [1.807, 2.05) is 35.2 Å². The van der Waals surface area contributed by atoms with Gasteiger partial charge in [0, 0.05) is 19.3 Å². The van der Waals surface area contributed by atoms with Crippen LogP contribution in [-0.4, -0.2) is 47.7 Å². The zero-order valence-corrected chi connectivity index (χ0v) is 18.6. The molecule has 0 unspecified atom stereocenters. The van der Waals surface area contributed by atoms with Crippen molar-refractivity contribution < 1.29 is 14.3 Å². The van der Waals surface area contributed by atoms with Gasteiger partial charge in [-0.1, -0.05) is 37.7 Å². The monoisotopic (exact) mass is 427 g/mol. The molecule has 2 amide bonds. The van der Waals surface area contributed by atoms with E-state index in [2.05, 4.69) is 24.1 Å². The Balaban J connectivity index is 1.54. The topological polar surface area (TPSA) is 71.5 Å². The average molecular weight is 428 g/mol. The predicted octanol–water partition coefficient (Wildman–Crippen LogP) is 3.93. The Morgan fingerprint density at radius 1 is 1.13 bits per heavy atom. The highest BCUT2D eigenvalue weighted by molar-refractivity contribution is 7.99. The summed E-state index contributed by atoms with van der Waals surface area (Å²) in [5.74, 6) is 1.30. The van der Waals surface area contributed by atoms with Gasteiger partial charge >= 0.3 is 0 Å². The minimum atomic E-state index is -0.0718. The van der Waals surface area contributed by atoms with E-state index < -0.39 is 0 Å². The molecule has 7 heteroatoms. The van der Waals surface area contributed by atoms with Crippen LogP contribution in [-0.2, 0) is 4.79 Å². The van der Waals surface area contributed by atoms with Crippen LogP contribution in [0.25, 0.3) is 0 Å². The summed E-state index contributed by atoms with van der Waals surface area (Å²) in [5.41, 5.74) is 1.65. The highest BCUT2D eigenvalue weighted by Gasteiger charge is 2.20. The van der Waals surface area contributed by atoms with E-state index in [-0.39, 0.29) is 29.5 Å². The van der Waals surface area contributed by atoms with Gasteiger partial charge in [-0.25, -0.2) is 4.98 Å². The van der Waals surface area contributed by atoms with Gasteiger partial charge in [0.1, 0.15) is 5.75 Å². The molecule has 1 aromatic heterocycles. The number of amides is 2. The molecule has 30 heavy (non-hydrogen) atoms. The lowest BCUT2D eigenvalue weighted by atomic mass is 9.96. The van der Waals surface area contributed by atoms with Crippen LogP contribution in [0.1, 0.15) is 48.7 Å². The van der Waals surface area contributed by atoms with Crippen LogP contribution in [0, 0.1) is 5.92 Å². The zero-order chi connectivity index (χ0) is 21.5. The molecule has 0 bridgehead atoms. The van der Waals surface area contributed by atoms with Gasteiger partial charge in [-0.3, -0.25) is 9.59 Å². The van der Waals surface area contributed by atoms with Crippen molar-refractivity contribution in [3.63, 3.8) is 0 Å². The number of hydrogen-bond donors (Lipinski definition) is 1. The summed E-state index contributed by atoms with van der Waals surface area (Å²) in [4.78, 5) is 31.1. The number of aromatic nitrogens is 1. The predicted molar refractivity (Wildman–Crippen MR) is 119 cm³/mol. The summed E-state index contributed by atoms with van der Waals surface area (Å²) in [7, 11) is 1.64. The summed E-state index contributed by atoms with van der Waals surface area (Å²) in [6.45, 7) is 5.81. The Kier molecular flexibility index (Phi) is 7.74. The van der Waals surface area contributed by atoms with Crippen LogP contribution < -0.4 is 10.1 Å². The molecule has 1 aromatic carbocycles. The molecule has 2 heterocycles. The lowest BCUT2D eigenvalue weighted by Crippen LogP contribution is -2.33. The SMILES string of the molecule is COc1ccc([C@@H](NC(=O)CSc2ccc(C(=O)N3CCCC3)cn2)C(C)C)cc1. The van der Waals surface area contributed by atoms with Gasteiger partial charge < -0.3 is 15.0 Å². The van der Waals surface area contributed by atoms with Gasteiger partial charge in [0.15, 0.2) is 0 Å². The van der Waals surface area contributed by atoms with Crippen molar-refractivity contribution in [2.75, 3.05) is 26.0 Å². The van der Waals surface area contributed by atoms with E-state index in [1.54, 1.807) is 19.4 Å². The smallest absolute Gasteiger partial charge is 0.255 e. The summed E-state index contributed by atoms with van der Waals surface area (Å²) in [6.07, 6.45) is 3.74. The van der Waals surface area contributed by atoms with Gasteiger partial charge in [0.2, 0.25) is 5.91 Å². The molecule has 2 aromatic rings. The molecular formula is C23H29N3O3S. The molecular weight excluding hydrogens is 398 g/mol. The van der Waals surface area contributed by atoms with Gasteiger partial charge in [-0.15, -0.1) is 0 Å². The van der Waals surface area contributed by atoms with E-state index in [9.17, 15) is 9.59 Å². The van der Waals surface area contributed by atoms with Crippen LogP contribution in [0.2, 0.25) is 0 Å². The number of nitrogens with zero attached hydrogens (tertiary/aromatic N) is 2. The van der Waals surface area contributed by atoms with Crippen molar-refractivity contribution in [2.45, 2.75) is 37.8 Å². The maximum Gasteiger partial charge on any atom is 0.255 e. The molecule has 160 valence electrons. The maximum atomic E-state index is 12.5. The molecule has 1 aliphatic rings. The minimum absolute atomic E-state index is 0.0357. The number of carbonyl (C=O) groups is 2. The Morgan fingerprint density at radius 2 is 1.83 bits per heavy atom. The van der Waals surface area contributed by atoms with Crippen molar-refractivity contribution in [3.05, 3.63) is 53.7 Å². The van der Waals surface area contributed by atoms with Gasteiger partial charge in [-0.05, 0) is 48.6 Å². The number of rotatable bonds is 8. The van der Waals surface area contributed by atoms with E-state index >= 15 is 0 Å². The molecule has 0 spiro atoms. The fraction of sp³-hybridized carbons (Fsp3) is 0.435. The molecule has 1 atom stereocenters. The van der Waals surface area contributed by atoms with E-state index in [0.717, 1.165) is 42.3 Å². The van der Waals surface area contributed by atoms with Gasteiger partial charge in [-0.2, -0.15) is 0 Å². The molecule has 1 fully saturated rings. The highest BCUT2D eigenvalue weighted by Crippen LogP contribution is 2.24. The first-order valence-electron chi connectivity index (χ1n) is 10.3. The summed E-state index contributed by atoms with van der Waals surface area (Å²) in [5, 5.41) is 3.85. The number of likely N-dealkylation sites (tertiary alicyclic amines) is 1. The summed E-state index contributed by atoms with van der Waals surface area (Å²) < 4.78 is 5.21. The second-order valence-corrected chi connectivity index (χ2v) is 8.73. The highest BCUT2D eigenvalue weighted by atomic mass is 32.2. The van der Waals surface area contributed by atoms with Crippen molar-refractivity contribution >= 4 is 23.6 Å². The van der Waals surface area contributed by atoms with Gasteiger partial charge in [0.25, 0.3) is 5.91 Å². The number of methoxy groups -OCH3 is 1. The molecule has 3 rings (SSSR count). The van der Waals surface area contributed by atoms with Crippen LogP contribution in [0.3, 0.4) is 0 Å². The van der Waals surface area contributed by atoms with Crippen LogP contribution >= 0.6 is 11.8 Å². The lowest BCUT2D eigenvalue weighted by molar-refractivity contribution is -0.119. The Morgan fingerprint density at radius 3 is 2.40 bits per heavy atom. The van der Waals surface area contributed by atoms with Crippen molar-refractivity contribution in [1.29, 1.82) is 0 Å². The van der Waals surface area contributed by atoms with E-state index in [0.29, 0.717) is 5.56 Å². The fourth-order valence-corrected chi connectivity index (χ4v) is 4.15. The fourth-order valence-electron chi connectivity index (χ4n) is 3.50. The number of ether oxygens (including phenoxy) is 1. The third kappa shape index (κ3) is 5.75. The number of hydrogen-bond acceptors (Lipinski definition) is 5. The Hall–Kier alpha value is -2.54.